The van der Waals surface area contributed by atoms with Crippen molar-refractivity contribution >= 4 is 13.8 Å². The van der Waals surface area contributed by atoms with Gasteiger partial charge in [0.15, 0.2) is 0 Å². The lowest BCUT2D eigenvalue weighted by Crippen LogP contribution is -2.01. The third kappa shape index (κ3) is 17.4. The molecule has 0 aromatic heterocycles. The van der Waals surface area contributed by atoms with Crippen molar-refractivity contribution in [3.05, 3.63) is 12.2 Å². The smallest absolute Gasteiger partial charge is 0.463 e. The highest BCUT2D eigenvalue weighted by atomic mass is 31.2. The van der Waals surface area contributed by atoms with Crippen molar-refractivity contribution in [2.75, 3.05) is 13.2 Å². The van der Waals surface area contributed by atoms with Crippen LogP contribution in [0.5, 0.6) is 0 Å². The van der Waals surface area contributed by atoms with E-state index in [0.717, 1.165) is 44.9 Å². The first-order chi connectivity index (χ1) is 10.5. The van der Waals surface area contributed by atoms with Crippen LogP contribution < -0.4 is 0 Å². The molecule has 7 heteroatoms. The minimum Gasteiger partial charge on any atom is -0.463 e. The average Bonchev–Trinajstić information content (AvgIpc) is 2.43. The second kappa shape index (κ2) is 13.9. The Labute approximate surface area is 133 Å². The van der Waals surface area contributed by atoms with Crippen molar-refractivity contribution < 1.29 is 28.4 Å². The van der Waals surface area contributed by atoms with Crippen LogP contribution in [0.1, 0.15) is 64.7 Å². The average molecular weight is 336 g/mol. The van der Waals surface area contributed by atoms with Gasteiger partial charge in [-0.2, -0.15) is 0 Å². The zero-order chi connectivity index (χ0) is 16.7. The molecule has 0 spiro atoms. The number of ether oxygens (including phenoxy) is 1. The van der Waals surface area contributed by atoms with E-state index in [1.807, 2.05) is 0 Å². The molecule has 2 N–H and O–H groups in total. The number of rotatable bonds is 14. The summed E-state index contributed by atoms with van der Waals surface area (Å²) >= 11 is 0. The standard InChI is InChI=1S/C15H29O6P/c1-2-12-15(16)20-13-10-8-6-4-3-5-7-9-11-14-21-22(17,18)19/h2,12H,3-11,13-14H2,1H3,(H2,17,18,19). The molecule has 0 aliphatic rings. The van der Waals surface area contributed by atoms with Gasteiger partial charge in [-0.1, -0.05) is 51.0 Å². The molecule has 0 amide bonds. The number of hydrogen-bond donors (Lipinski definition) is 2. The van der Waals surface area contributed by atoms with Crippen LogP contribution in [-0.2, 0) is 18.6 Å². The van der Waals surface area contributed by atoms with E-state index in [0.29, 0.717) is 13.0 Å². The summed E-state index contributed by atoms with van der Waals surface area (Å²) in [4.78, 5) is 28.0. The van der Waals surface area contributed by atoms with Crippen molar-refractivity contribution in [1.82, 2.24) is 0 Å². The summed E-state index contributed by atoms with van der Waals surface area (Å²) in [5, 5.41) is 0. The maximum absolute atomic E-state index is 11.0. The van der Waals surface area contributed by atoms with E-state index in [2.05, 4.69) is 4.52 Å². The summed E-state index contributed by atoms with van der Waals surface area (Å²) in [5.74, 6) is -0.273. The molecule has 0 saturated carbocycles. The third-order valence-electron chi connectivity index (χ3n) is 3.10. The first-order valence-electron chi connectivity index (χ1n) is 7.95. The topological polar surface area (TPSA) is 93.1 Å². The molecule has 0 bridgehead atoms. The van der Waals surface area contributed by atoms with Gasteiger partial charge in [0.05, 0.1) is 13.2 Å². The molecule has 0 heterocycles. The summed E-state index contributed by atoms with van der Waals surface area (Å²) in [6, 6.07) is 0. The fourth-order valence-electron chi connectivity index (χ4n) is 1.98. The summed E-state index contributed by atoms with van der Waals surface area (Å²) in [5.41, 5.74) is 0. The molecule has 0 aliphatic heterocycles. The summed E-state index contributed by atoms with van der Waals surface area (Å²) in [6.07, 6.45) is 12.3. The van der Waals surface area contributed by atoms with Crippen molar-refractivity contribution in [2.45, 2.75) is 64.7 Å². The van der Waals surface area contributed by atoms with E-state index in [1.54, 1.807) is 13.0 Å². The van der Waals surface area contributed by atoms with E-state index >= 15 is 0 Å². The summed E-state index contributed by atoms with van der Waals surface area (Å²) < 4.78 is 19.8. The molecule has 0 aromatic rings. The number of carbonyl (C=O) groups is 1. The van der Waals surface area contributed by atoms with E-state index in [1.165, 1.54) is 12.5 Å². The van der Waals surface area contributed by atoms with Crippen molar-refractivity contribution in [2.24, 2.45) is 0 Å². The van der Waals surface area contributed by atoms with Crippen LogP contribution in [0, 0.1) is 0 Å². The van der Waals surface area contributed by atoms with Crippen molar-refractivity contribution in [3.63, 3.8) is 0 Å². The van der Waals surface area contributed by atoms with Gasteiger partial charge >= 0.3 is 13.8 Å². The molecule has 0 saturated heterocycles. The van der Waals surface area contributed by atoms with Gasteiger partial charge in [0.25, 0.3) is 0 Å². The van der Waals surface area contributed by atoms with Crippen LogP contribution in [-0.4, -0.2) is 29.0 Å². The minimum absolute atomic E-state index is 0.121. The Morgan fingerprint density at radius 1 is 0.909 bits per heavy atom. The van der Waals surface area contributed by atoms with E-state index in [4.69, 9.17) is 14.5 Å². The lowest BCUT2D eigenvalue weighted by atomic mass is 10.1. The number of unbranched alkanes of at least 4 members (excludes halogenated alkanes) is 8. The van der Waals surface area contributed by atoms with Crippen molar-refractivity contribution in [1.29, 1.82) is 0 Å². The van der Waals surface area contributed by atoms with E-state index in [9.17, 15) is 9.36 Å². The second-order valence-electron chi connectivity index (χ2n) is 5.17. The molecule has 0 aliphatic carbocycles. The fourth-order valence-corrected chi connectivity index (χ4v) is 2.35. The molecule has 130 valence electrons. The van der Waals surface area contributed by atoms with E-state index < -0.39 is 7.82 Å². The first kappa shape index (κ1) is 21.3. The number of phosphoric ester groups is 1. The highest BCUT2D eigenvalue weighted by molar-refractivity contribution is 7.46. The lowest BCUT2D eigenvalue weighted by Gasteiger charge is -2.05. The van der Waals surface area contributed by atoms with Crippen LogP contribution >= 0.6 is 7.82 Å². The maximum atomic E-state index is 11.0. The molecule has 0 fully saturated rings. The maximum Gasteiger partial charge on any atom is 0.469 e. The quantitative estimate of drug-likeness (QED) is 0.217. The molecule has 22 heavy (non-hydrogen) atoms. The Morgan fingerprint density at radius 2 is 1.36 bits per heavy atom. The SMILES string of the molecule is CC=CC(=O)OCCCCCCCCCCCOP(=O)(O)O. The lowest BCUT2D eigenvalue weighted by molar-refractivity contribution is -0.137. The van der Waals surface area contributed by atoms with Gasteiger partial charge in [0.1, 0.15) is 0 Å². The zero-order valence-corrected chi connectivity index (χ0v) is 14.3. The monoisotopic (exact) mass is 336 g/mol. The number of hydrogen-bond acceptors (Lipinski definition) is 4. The van der Waals surface area contributed by atoms with Gasteiger partial charge in [0, 0.05) is 6.08 Å². The third-order valence-corrected chi connectivity index (χ3v) is 3.61. The minimum atomic E-state index is -4.29. The molecule has 0 unspecified atom stereocenters. The Hall–Kier alpha value is -0.680. The van der Waals surface area contributed by atoms with Crippen LogP contribution in [0.25, 0.3) is 0 Å². The van der Waals surface area contributed by atoms with Gasteiger partial charge in [-0.05, 0) is 19.8 Å². The number of carbonyl (C=O) groups excluding carboxylic acids is 1. The van der Waals surface area contributed by atoms with Gasteiger partial charge < -0.3 is 14.5 Å². The summed E-state index contributed by atoms with van der Waals surface area (Å²) in [7, 11) is -4.29. The zero-order valence-electron chi connectivity index (χ0n) is 13.4. The van der Waals surface area contributed by atoms with Gasteiger partial charge in [-0.25, -0.2) is 9.36 Å². The summed E-state index contributed by atoms with van der Waals surface area (Å²) in [6.45, 7) is 2.39. The molecule has 0 atom stereocenters. The fraction of sp³-hybridized carbons (Fsp3) is 0.800. The molecule has 0 radical (unpaired) electrons. The highest BCUT2D eigenvalue weighted by Gasteiger charge is 2.12. The highest BCUT2D eigenvalue weighted by Crippen LogP contribution is 2.35. The molecular weight excluding hydrogens is 307 g/mol. The Kier molecular flexibility index (Phi) is 13.5. The normalized spacial score (nSPS) is 12.0. The Balaban J connectivity index is 3.15. The molecule has 6 nitrogen and oxygen atoms in total. The molecule has 0 aromatic carbocycles. The molecular formula is C15H29O6P. The van der Waals surface area contributed by atoms with Crippen molar-refractivity contribution in [3.8, 4) is 0 Å². The number of esters is 1. The van der Waals surface area contributed by atoms with Crippen LogP contribution in [0.3, 0.4) is 0 Å². The predicted molar refractivity (Wildman–Crippen MR) is 85.3 cm³/mol. The van der Waals surface area contributed by atoms with E-state index in [-0.39, 0.29) is 12.6 Å². The van der Waals surface area contributed by atoms with Crippen LogP contribution in [0.2, 0.25) is 0 Å². The second-order valence-corrected chi connectivity index (χ2v) is 6.41. The van der Waals surface area contributed by atoms with Gasteiger partial charge in [-0.3, -0.25) is 4.52 Å². The number of allylic oxidation sites excluding steroid dienone is 1. The predicted octanol–water partition coefficient (Wildman–Crippen LogP) is 3.73. The Bertz CT molecular complexity index is 350. The first-order valence-corrected chi connectivity index (χ1v) is 9.48. The van der Waals surface area contributed by atoms with Gasteiger partial charge in [0.2, 0.25) is 0 Å². The largest absolute Gasteiger partial charge is 0.469 e. The van der Waals surface area contributed by atoms with Crippen LogP contribution in [0.15, 0.2) is 12.2 Å². The van der Waals surface area contributed by atoms with Gasteiger partial charge in [-0.15, -0.1) is 0 Å². The van der Waals surface area contributed by atoms with Crippen LogP contribution in [0.4, 0.5) is 0 Å². The molecule has 0 rings (SSSR count). The number of phosphoric acid groups is 1. The Morgan fingerprint density at radius 3 is 1.82 bits per heavy atom.